The molecule has 0 saturated heterocycles. The Balaban J connectivity index is 2.94. The van der Waals surface area contributed by atoms with Gasteiger partial charge in [-0.15, -0.1) is 0 Å². The first-order valence-electron chi connectivity index (χ1n) is 4.71. The maximum Gasteiger partial charge on any atom is 0.160 e. The van der Waals surface area contributed by atoms with Crippen molar-refractivity contribution < 1.29 is 9.21 Å². The van der Waals surface area contributed by atoms with Gasteiger partial charge in [-0.25, -0.2) is 0 Å². The fourth-order valence-electron chi connectivity index (χ4n) is 1.74. The highest BCUT2D eigenvalue weighted by atomic mass is 35.5. The lowest BCUT2D eigenvalue weighted by molar-refractivity contribution is 0.101. The summed E-state index contributed by atoms with van der Waals surface area (Å²) in [4.78, 5) is 11.5. The Kier molecular flexibility index (Phi) is 2.31. The number of halogens is 1. The molecule has 2 rings (SSSR count). The van der Waals surface area contributed by atoms with Crippen LogP contribution in [0.15, 0.2) is 16.5 Å². The van der Waals surface area contributed by atoms with Gasteiger partial charge in [0.25, 0.3) is 0 Å². The molecule has 15 heavy (non-hydrogen) atoms. The maximum atomic E-state index is 11.5. The number of ketones is 1. The zero-order valence-corrected chi connectivity index (χ0v) is 9.61. The Labute approximate surface area is 92.8 Å². The number of hydrogen-bond donors (Lipinski definition) is 0. The van der Waals surface area contributed by atoms with E-state index in [4.69, 9.17) is 16.0 Å². The molecule has 1 aromatic carbocycles. The fourth-order valence-corrected chi connectivity index (χ4v) is 1.95. The first-order valence-corrected chi connectivity index (χ1v) is 5.08. The average molecular weight is 223 g/mol. The monoisotopic (exact) mass is 222 g/mol. The molecule has 0 spiro atoms. The minimum atomic E-state index is 0.00593. The molecule has 0 fully saturated rings. The third-order valence-electron chi connectivity index (χ3n) is 2.61. The molecule has 0 N–H and O–H groups in total. The van der Waals surface area contributed by atoms with E-state index in [1.165, 1.54) is 6.92 Å². The number of fused-ring (bicyclic) bond motifs is 1. The minimum absolute atomic E-state index is 0.00593. The number of benzene rings is 1. The van der Waals surface area contributed by atoms with E-state index in [1.54, 1.807) is 12.1 Å². The van der Waals surface area contributed by atoms with Crippen molar-refractivity contribution in [2.45, 2.75) is 20.8 Å². The number of hydrogen-bond acceptors (Lipinski definition) is 2. The van der Waals surface area contributed by atoms with E-state index in [-0.39, 0.29) is 5.78 Å². The summed E-state index contributed by atoms with van der Waals surface area (Å²) in [5.74, 6) is 0.834. The summed E-state index contributed by atoms with van der Waals surface area (Å²) >= 11 is 5.92. The minimum Gasteiger partial charge on any atom is -0.461 e. The highest BCUT2D eigenvalue weighted by Gasteiger charge is 2.14. The van der Waals surface area contributed by atoms with Crippen molar-refractivity contribution >= 4 is 28.4 Å². The van der Waals surface area contributed by atoms with Gasteiger partial charge in [-0.05, 0) is 32.4 Å². The van der Waals surface area contributed by atoms with Gasteiger partial charge in [-0.2, -0.15) is 0 Å². The van der Waals surface area contributed by atoms with Crippen LogP contribution in [0.2, 0.25) is 5.02 Å². The van der Waals surface area contributed by atoms with Crippen LogP contribution in [0.4, 0.5) is 0 Å². The largest absolute Gasteiger partial charge is 0.461 e. The quantitative estimate of drug-likeness (QED) is 0.685. The van der Waals surface area contributed by atoms with E-state index in [1.807, 2.05) is 13.8 Å². The molecule has 0 aliphatic carbocycles. The molecule has 0 aliphatic heterocycles. The van der Waals surface area contributed by atoms with Crippen LogP contribution in [0.25, 0.3) is 11.0 Å². The van der Waals surface area contributed by atoms with E-state index in [0.717, 1.165) is 16.7 Å². The molecule has 0 unspecified atom stereocenters. The lowest BCUT2D eigenvalue weighted by Gasteiger charge is -2.00. The molecule has 0 aliphatic rings. The second-order valence-corrected chi connectivity index (χ2v) is 4.10. The predicted octanol–water partition coefficient (Wildman–Crippen LogP) is 3.91. The molecular formula is C12H11ClO2. The Hall–Kier alpha value is -1.28. The molecule has 0 bridgehead atoms. The van der Waals surface area contributed by atoms with E-state index >= 15 is 0 Å². The Morgan fingerprint density at radius 1 is 1.33 bits per heavy atom. The smallest absolute Gasteiger partial charge is 0.160 e. The van der Waals surface area contributed by atoms with Crippen molar-refractivity contribution in [3.63, 3.8) is 0 Å². The number of carbonyl (C=O) groups excluding carboxylic acids is 1. The molecular weight excluding hydrogens is 212 g/mol. The SMILES string of the molecule is CC(=O)c1cc(Cl)cc2oc(C)c(C)c12. The topological polar surface area (TPSA) is 30.2 Å². The van der Waals surface area contributed by atoms with Crippen molar-refractivity contribution in [2.24, 2.45) is 0 Å². The lowest BCUT2D eigenvalue weighted by atomic mass is 10.0. The van der Waals surface area contributed by atoms with Crippen molar-refractivity contribution in [3.05, 3.63) is 34.0 Å². The van der Waals surface area contributed by atoms with Gasteiger partial charge in [-0.1, -0.05) is 11.6 Å². The van der Waals surface area contributed by atoms with Gasteiger partial charge < -0.3 is 4.42 Å². The van der Waals surface area contributed by atoms with Gasteiger partial charge in [0, 0.05) is 22.0 Å². The second kappa shape index (κ2) is 3.38. The van der Waals surface area contributed by atoms with Gasteiger partial charge in [0.1, 0.15) is 11.3 Å². The summed E-state index contributed by atoms with van der Waals surface area (Å²) < 4.78 is 5.53. The highest BCUT2D eigenvalue weighted by molar-refractivity contribution is 6.32. The summed E-state index contributed by atoms with van der Waals surface area (Å²) in [5, 5.41) is 1.41. The second-order valence-electron chi connectivity index (χ2n) is 3.67. The predicted molar refractivity (Wildman–Crippen MR) is 60.7 cm³/mol. The van der Waals surface area contributed by atoms with Crippen LogP contribution in [0.1, 0.15) is 28.6 Å². The molecule has 0 radical (unpaired) electrons. The molecule has 0 amide bonds. The summed E-state index contributed by atoms with van der Waals surface area (Å²) in [6.45, 7) is 5.36. The summed E-state index contributed by atoms with van der Waals surface area (Å²) in [7, 11) is 0. The summed E-state index contributed by atoms with van der Waals surface area (Å²) in [5.41, 5.74) is 2.32. The first kappa shape index (κ1) is 10.2. The van der Waals surface area contributed by atoms with Crippen LogP contribution in [-0.2, 0) is 0 Å². The van der Waals surface area contributed by atoms with Crippen LogP contribution in [0, 0.1) is 13.8 Å². The van der Waals surface area contributed by atoms with Gasteiger partial charge >= 0.3 is 0 Å². The molecule has 2 aromatic rings. The molecule has 2 nitrogen and oxygen atoms in total. The zero-order valence-electron chi connectivity index (χ0n) is 8.85. The van der Waals surface area contributed by atoms with Crippen LogP contribution in [0.3, 0.4) is 0 Å². The standard InChI is InChI=1S/C12H11ClO2/c1-6-8(3)15-11-5-9(13)4-10(7(2)14)12(6)11/h4-5H,1-3H3. The summed E-state index contributed by atoms with van der Waals surface area (Å²) in [6, 6.07) is 3.43. The molecule has 0 atom stereocenters. The van der Waals surface area contributed by atoms with Gasteiger partial charge in [0.15, 0.2) is 5.78 Å². The van der Waals surface area contributed by atoms with Gasteiger partial charge in [-0.3, -0.25) is 4.79 Å². The Morgan fingerprint density at radius 2 is 2.00 bits per heavy atom. The van der Waals surface area contributed by atoms with Crippen molar-refractivity contribution in [2.75, 3.05) is 0 Å². The Bertz CT molecular complexity index is 552. The third kappa shape index (κ3) is 1.55. The van der Waals surface area contributed by atoms with Crippen LogP contribution in [0.5, 0.6) is 0 Å². The van der Waals surface area contributed by atoms with Crippen molar-refractivity contribution in [1.29, 1.82) is 0 Å². The molecule has 0 saturated carbocycles. The number of aryl methyl sites for hydroxylation is 2. The van der Waals surface area contributed by atoms with Crippen LogP contribution < -0.4 is 0 Å². The third-order valence-corrected chi connectivity index (χ3v) is 2.83. The number of furan rings is 1. The van der Waals surface area contributed by atoms with Gasteiger partial charge in [0.2, 0.25) is 0 Å². The van der Waals surface area contributed by atoms with E-state index in [0.29, 0.717) is 16.2 Å². The highest BCUT2D eigenvalue weighted by Crippen LogP contribution is 2.31. The van der Waals surface area contributed by atoms with Crippen molar-refractivity contribution in [3.8, 4) is 0 Å². The normalized spacial score (nSPS) is 10.9. The summed E-state index contributed by atoms with van der Waals surface area (Å²) in [6.07, 6.45) is 0. The number of Topliss-reactive ketones (excluding diaryl/α,β-unsaturated/α-hetero) is 1. The molecule has 3 heteroatoms. The fraction of sp³-hybridized carbons (Fsp3) is 0.250. The lowest BCUT2D eigenvalue weighted by Crippen LogP contribution is -1.93. The van der Waals surface area contributed by atoms with Crippen molar-refractivity contribution in [1.82, 2.24) is 0 Å². The zero-order chi connectivity index (χ0) is 11.2. The van der Waals surface area contributed by atoms with E-state index in [9.17, 15) is 4.79 Å². The maximum absolute atomic E-state index is 11.5. The van der Waals surface area contributed by atoms with Crippen LogP contribution in [-0.4, -0.2) is 5.78 Å². The molecule has 78 valence electrons. The average Bonchev–Trinajstić information content (AvgIpc) is 2.41. The number of rotatable bonds is 1. The van der Waals surface area contributed by atoms with E-state index < -0.39 is 0 Å². The first-order chi connectivity index (χ1) is 7.00. The molecule has 1 heterocycles. The Morgan fingerprint density at radius 3 is 2.60 bits per heavy atom. The van der Waals surface area contributed by atoms with Gasteiger partial charge in [0.05, 0.1) is 0 Å². The van der Waals surface area contributed by atoms with Crippen LogP contribution >= 0.6 is 11.6 Å². The van der Waals surface area contributed by atoms with E-state index in [2.05, 4.69) is 0 Å². The molecule has 1 aromatic heterocycles. The number of carbonyl (C=O) groups is 1.